The van der Waals surface area contributed by atoms with Crippen LogP contribution in [0.2, 0.25) is 0 Å². The highest BCUT2D eigenvalue weighted by Gasteiger charge is 2.26. The van der Waals surface area contributed by atoms with E-state index < -0.39 is 14.9 Å². The second-order valence-electron chi connectivity index (χ2n) is 6.05. The van der Waals surface area contributed by atoms with Gasteiger partial charge in [-0.15, -0.1) is 0 Å². The molecule has 0 aliphatic heterocycles. The molecule has 1 rings (SSSR count). The molecule has 1 N–H and O–H groups in total. The fourth-order valence-electron chi connectivity index (χ4n) is 2.87. The van der Waals surface area contributed by atoms with Crippen LogP contribution in [0, 0.1) is 16.0 Å². The number of benzene rings is 1. The van der Waals surface area contributed by atoms with Gasteiger partial charge in [-0.1, -0.05) is 26.7 Å². The third-order valence-electron chi connectivity index (χ3n) is 4.39. The Hall–Kier alpha value is -1.71. The second kappa shape index (κ2) is 9.12. The van der Waals surface area contributed by atoms with Crippen LogP contribution in [0.15, 0.2) is 23.1 Å². The van der Waals surface area contributed by atoms with Crippen molar-refractivity contribution in [3.05, 3.63) is 28.3 Å². The van der Waals surface area contributed by atoms with E-state index in [1.54, 1.807) is 0 Å². The Bertz CT molecular complexity index is 687. The van der Waals surface area contributed by atoms with Gasteiger partial charge in [0.15, 0.2) is 0 Å². The van der Waals surface area contributed by atoms with Gasteiger partial charge in [0.2, 0.25) is 10.0 Å². The molecule has 142 valence electrons. The quantitative estimate of drug-likeness (QED) is 0.498. The van der Waals surface area contributed by atoms with Crippen LogP contribution in [0.1, 0.15) is 26.7 Å². The fraction of sp³-hybridized carbons (Fsp3) is 0.625. The van der Waals surface area contributed by atoms with Gasteiger partial charge in [-0.25, -0.2) is 13.1 Å². The zero-order valence-corrected chi connectivity index (χ0v) is 16.2. The number of likely N-dealkylation sites (N-methyl/N-ethyl adjacent to an activating group) is 1. The topological polar surface area (TPSA) is 102 Å². The SMILES string of the molecule is CCC(CC)[C@H](CNS(=O)(=O)c1ccc([N+](=O)[O-])cc1OC)N(C)C. The maximum absolute atomic E-state index is 12.6. The summed E-state index contributed by atoms with van der Waals surface area (Å²) in [5.41, 5.74) is -0.223. The molecule has 0 saturated heterocycles. The van der Waals surface area contributed by atoms with Crippen molar-refractivity contribution < 1.29 is 18.1 Å². The Morgan fingerprint density at radius 3 is 2.32 bits per heavy atom. The van der Waals surface area contributed by atoms with Crippen LogP contribution in [-0.4, -0.2) is 52.0 Å². The molecule has 1 aromatic carbocycles. The van der Waals surface area contributed by atoms with Crippen LogP contribution in [0.3, 0.4) is 0 Å². The third-order valence-corrected chi connectivity index (χ3v) is 5.85. The number of nitro groups is 1. The van der Waals surface area contributed by atoms with Crippen molar-refractivity contribution in [1.82, 2.24) is 9.62 Å². The van der Waals surface area contributed by atoms with Crippen molar-refractivity contribution in [2.75, 3.05) is 27.7 Å². The monoisotopic (exact) mass is 373 g/mol. The van der Waals surface area contributed by atoms with Gasteiger partial charge in [0.1, 0.15) is 10.6 Å². The lowest BCUT2D eigenvalue weighted by molar-refractivity contribution is -0.385. The molecule has 25 heavy (non-hydrogen) atoms. The smallest absolute Gasteiger partial charge is 0.273 e. The van der Waals surface area contributed by atoms with Gasteiger partial charge in [0.25, 0.3) is 5.69 Å². The van der Waals surface area contributed by atoms with E-state index in [2.05, 4.69) is 18.6 Å². The van der Waals surface area contributed by atoms with Gasteiger partial charge in [0.05, 0.1) is 18.1 Å². The minimum Gasteiger partial charge on any atom is -0.495 e. The van der Waals surface area contributed by atoms with Crippen molar-refractivity contribution in [3.8, 4) is 5.75 Å². The van der Waals surface area contributed by atoms with Crippen molar-refractivity contribution >= 4 is 15.7 Å². The lowest BCUT2D eigenvalue weighted by Gasteiger charge is -2.31. The van der Waals surface area contributed by atoms with E-state index in [0.717, 1.165) is 25.0 Å². The summed E-state index contributed by atoms with van der Waals surface area (Å²) in [6, 6.07) is 3.51. The van der Waals surface area contributed by atoms with Gasteiger partial charge in [0, 0.05) is 18.7 Å². The van der Waals surface area contributed by atoms with E-state index >= 15 is 0 Å². The number of hydrogen-bond acceptors (Lipinski definition) is 6. The molecule has 0 bridgehead atoms. The minimum absolute atomic E-state index is 0.0498. The highest BCUT2D eigenvalue weighted by Crippen LogP contribution is 2.28. The molecule has 1 atom stereocenters. The maximum Gasteiger partial charge on any atom is 0.273 e. The molecular weight excluding hydrogens is 346 g/mol. The first-order valence-corrected chi connectivity index (χ1v) is 9.64. The van der Waals surface area contributed by atoms with E-state index in [1.165, 1.54) is 13.2 Å². The molecular formula is C16H27N3O5S. The molecule has 8 nitrogen and oxygen atoms in total. The Balaban J connectivity index is 3.07. The molecule has 0 radical (unpaired) electrons. The number of nitrogens with one attached hydrogen (secondary N) is 1. The fourth-order valence-corrected chi connectivity index (χ4v) is 4.07. The Morgan fingerprint density at radius 2 is 1.88 bits per heavy atom. The van der Waals surface area contributed by atoms with E-state index in [0.29, 0.717) is 5.92 Å². The summed E-state index contributed by atoms with van der Waals surface area (Å²) in [6.07, 6.45) is 1.89. The molecule has 0 aliphatic rings. The van der Waals surface area contributed by atoms with Gasteiger partial charge in [-0.2, -0.15) is 0 Å². The van der Waals surface area contributed by atoms with E-state index in [4.69, 9.17) is 4.74 Å². The normalized spacial score (nSPS) is 13.2. The second-order valence-corrected chi connectivity index (χ2v) is 7.79. The zero-order chi connectivity index (χ0) is 19.2. The molecule has 0 spiro atoms. The highest BCUT2D eigenvalue weighted by molar-refractivity contribution is 7.89. The largest absolute Gasteiger partial charge is 0.495 e. The summed E-state index contributed by atoms with van der Waals surface area (Å²) >= 11 is 0. The molecule has 0 aromatic heterocycles. The first kappa shape index (κ1) is 21.3. The Morgan fingerprint density at radius 1 is 1.28 bits per heavy atom. The van der Waals surface area contributed by atoms with Crippen molar-refractivity contribution in [1.29, 1.82) is 0 Å². The van der Waals surface area contributed by atoms with E-state index in [1.807, 2.05) is 19.0 Å². The Labute approximate surface area is 149 Å². The van der Waals surface area contributed by atoms with Gasteiger partial charge < -0.3 is 9.64 Å². The highest BCUT2D eigenvalue weighted by atomic mass is 32.2. The van der Waals surface area contributed by atoms with Gasteiger partial charge in [-0.3, -0.25) is 10.1 Å². The van der Waals surface area contributed by atoms with Crippen LogP contribution in [-0.2, 0) is 10.0 Å². The van der Waals surface area contributed by atoms with Crippen LogP contribution in [0.25, 0.3) is 0 Å². The van der Waals surface area contributed by atoms with Gasteiger partial charge >= 0.3 is 0 Å². The number of hydrogen-bond donors (Lipinski definition) is 1. The average molecular weight is 373 g/mol. The zero-order valence-electron chi connectivity index (χ0n) is 15.4. The molecule has 0 fully saturated rings. The number of sulfonamides is 1. The van der Waals surface area contributed by atoms with Crippen LogP contribution < -0.4 is 9.46 Å². The third kappa shape index (κ3) is 5.38. The van der Waals surface area contributed by atoms with Crippen molar-refractivity contribution in [2.24, 2.45) is 5.92 Å². The molecule has 0 aliphatic carbocycles. The van der Waals surface area contributed by atoms with Gasteiger partial charge in [-0.05, 0) is 26.1 Å². The van der Waals surface area contributed by atoms with Crippen molar-refractivity contribution in [2.45, 2.75) is 37.6 Å². The summed E-state index contributed by atoms with van der Waals surface area (Å²) in [5, 5.41) is 10.8. The molecule has 0 amide bonds. The van der Waals surface area contributed by atoms with E-state index in [9.17, 15) is 18.5 Å². The summed E-state index contributed by atoms with van der Waals surface area (Å²) in [7, 11) is 1.28. The number of methoxy groups -OCH3 is 1. The number of nitro benzene ring substituents is 1. The number of rotatable bonds is 10. The summed E-state index contributed by atoms with van der Waals surface area (Å²) in [4.78, 5) is 12.1. The number of non-ortho nitro benzene ring substituents is 1. The predicted octanol–water partition coefficient (Wildman–Crippen LogP) is 2.25. The average Bonchev–Trinajstić information content (AvgIpc) is 2.57. The molecule has 0 unspecified atom stereocenters. The summed E-state index contributed by atoms with van der Waals surface area (Å²) in [6.45, 7) is 4.42. The van der Waals surface area contributed by atoms with E-state index in [-0.39, 0.29) is 28.9 Å². The summed E-state index contributed by atoms with van der Waals surface area (Å²) in [5.74, 6) is 0.307. The molecule has 1 aromatic rings. The summed E-state index contributed by atoms with van der Waals surface area (Å²) < 4.78 is 32.9. The molecule has 0 heterocycles. The maximum atomic E-state index is 12.6. The van der Waals surface area contributed by atoms with Crippen LogP contribution in [0.5, 0.6) is 5.75 Å². The predicted molar refractivity (Wildman–Crippen MR) is 96.4 cm³/mol. The number of ether oxygens (including phenoxy) is 1. The molecule has 0 saturated carbocycles. The molecule has 9 heteroatoms. The van der Waals surface area contributed by atoms with Crippen LogP contribution >= 0.6 is 0 Å². The van der Waals surface area contributed by atoms with Crippen LogP contribution in [0.4, 0.5) is 5.69 Å². The number of nitrogens with zero attached hydrogens (tertiary/aromatic N) is 2. The lowest BCUT2D eigenvalue weighted by Crippen LogP contribution is -2.44. The first-order valence-electron chi connectivity index (χ1n) is 8.16. The Kier molecular flexibility index (Phi) is 7.78. The first-order chi connectivity index (χ1) is 11.7. The lowest BCUT2D eigenvalue weighted by atomic mass is 9.93. The van der Waals surface area contributed by atoms with Crippen molar-refractivity contribution in [3.63, 3.8) is 0 Å². The standard InChI is InChI=1S/C16H27N3O5S/c1-6-12(7-2)14(18(3)4)11-17-25(22,23)16-9-8-13(19(20)21)10-15(16)24-5/h8-10,12,14,17H,6-7,11H2,1-5H3/t14-/m0/s1. The minimum atomic E-state index is -3.85.